The minimum Gasteiger partial charge on any atom is -0.496 e. The van der Waals surface area contributed by atoms with Gasteiger partial charge in [0.05, 0.1) is 12.7 Å². The second kappa shape index (κ2) is 10.3. The van der Waals surface area contributed by atoms with Gasteiger partial charge in [0.1, 0.15) is 11.8 Å². The highest BCUT2D eigenvalue weighted by Gasteiger charge is 2.45. The molecular weight excluding hydrogens is 468 g/mol. The van der Waals surface area contributed by atoms with Gasteiger partial charge in [-0.15, -0.1) is 0 Å². The van der Waals surface area contributed by atoms with Crippen LogP contribution >= 0.6 is 0 Å². The first-order valence-corrected chi connectivity index (χ1v) is 13.2. The van der Waals surface area contributed by atoms with E-state index in [0.29, 0.717) is 50.1 Å². The van der Waals surface area contributed by atoms with Crippen molar-refractivity contribution in [3.8, 4) is 5.75 Å². The maximum Gasteiger partial charge on any atom is 0.282 e. The molecule has 0 bridgehead atoms. The number of primary amides is 1. The normalized spacial score (nSPS) is 20.9. The summed E-state index contributed by atoms with van der Waals surface area (Å²) in [5.74, 6) is -0.357. The van der Waals surface area contributed by atoms with Crippen molar-refractivity contribution in [1.29, 1.82) is 0 Å². The van der Waals surface area contributed by atoms with Crippen LogP contribution in [0, 0.1) is 0 Å². The van der Waals surface area contributed by atoms with Gasteiger partial charge >= 0.3 is 0 Å². The summed E-state index contributed by atoms with van der Waals surface area (Å²) in [5, 5.41) is 3.05. The molecule has 0 aliphatic carbocycles. The van der Waals surface area contributed by atoms with Crippen molar-refractivity contribution in [3.05, 3.63) is 65.7 Å². The predicted molar refractivity (Wildman–Crippen MR) is 132 cm³/mol. The van der Waals surface area contributed by atoms with Crippen molar-refractivity contribution in [2.24, 2.45) is 5.73 Å². The molecule has 2 aliphatic rings. The molecule has 1 unspecified atom stereocenters. The number of para-hydroxylation sites is 1. The Morgan fingerprint density at radius 2 is 1.71 bits per heavy atom. The Hall–Kier alpha value is -2.95. The van der Waals surface area contributed by atoms with E-state index in [1.807, 2.05) is 30.3 Å². The summed E-state index contributed by atoms with van der Waals surface area (Å²) < 4.78 is 34.7. The summed E-state index contributed by atoms with van der Waals surface area (Å²) in [6.45, 7) is 1.22. The Labute approximate surface area is 206 Å². The number of rotatable bonds is 8. The number of hydrogen-bond donors (Lipinski definition) is 2. The number of ether oxygens (including phenoxy) is 1. The van der Waals surface area contributed by atoms with E-state index in [0.717, 1.165) is 5.56 Å². The van der Waals surface area contributed by atoms with Crippen LogP contribution in [0.5, 0.6) is 5.75 Å². The Bertz CT molecular complexity index is 1160. The highest BCUT2D eigenvalue weighted by atomic mass is 32.2. The molecule has 0 saturated carbocycles. The van der Waals surface area contributed by atoms with Crippen LogP contribution in [-0.2, 0) is 20.4 Å². The molecule has 2 aromatic carbocycles. The molecule has 2 aromatic rings. The predicted octanol–water partition coefficient (Wildman–Crippen LogP) is 1.65. The zero-order valence-corrected chi connectivity index (χ0v) is 20.7. The van der Waals surface area contributed by atoms with E-state index in [1.165, 1.54) is 15.7 Å². The van der Waals surface area contributed by atoms with Crippen LogP contribution in [0.4, 0.5) is 0 Å². The number of methoxy groups -OCH3 is 1. The molecule has 188 valence electrons. The minimum atomic E-state index is -3.81. The number of amides is 2. The molecule has 0 spiro atoms. The lowest BCUT2D eigenvalue weighted by Crippen LogP contribution is -2.55. The van der Waals surface area contributed by atoms with Gasteiger partial charge in [0.25, 0.3) is 16.1 Å². The summed E-state index contributed by atoms with van der Waals surface area (Å²) in [7, 11) is -2.28. The fourth-order valence-electron chi connectivity index (χ4n) is 5.13. The number of nitrogens with two attached hydrogens (primary N) is 1. The molecule has 1 atom stereocenters. The van der Waals surface area contributed by atoms with Gasteiger partial charge in [-0.1, -0.05) is 42.5 Å². The lowest BCUT2D eigenvalue weighted by atomic mass is 9.73. The average Bonchev–Trinajstić information content (AvgIpc) is 3.40. The Balaban J connectivity index is 1.52. The van der Waals surface area contributed by atoms with Gasteiger partial charge in [0, 0.05) is 31.6 Å². The number of piperidine rings is 1. The molecule has 0 radical (unpaired) electrons. The summed E-state index contributed by atoms with van der Waals surface area (Å²) >= 11 is 0. The quantitative estimate of drug-likeness (QED) is 0.571. The van der Waals surface area contributed by atoms with Gasteiger partial charge in [-0.25, -0.2) is 0 Å². The second-order valence-electron chi connectivity index (χ2n) is 9.11. The third kappa shape index (κ3) is 5.05. The van der Waals surface area contributed by atoms with Crippen molar-refractivity contribution < 1.29 is 22.7 Å². The largest absolute Gasteiger partial charge is 0.496 e. The van der Waals surface area contributed by atoms with Gasteiger partial charge in [-0.2, -0.15) is 17.0 Å². The van der Waals surface area contributed by atoms with Crippen molar-refractivity contribution in [2.45, 2.75) is 37.1 Å². The Morgan fingerprint density at radius 3 is 2.37 bits per heavy atom. The number of nitrogens with zero attached hydrogens (tertiary/aromatic N) is 2. The van der Waals surface area contributed by atoms with Gasteiger partial charge < -0.3 is 15.8 Å². The third-order valence-electron chi connectivity index (χ3n) is 7.16. The van der Waals surface area contributed by atoms with Gasteiger partial charge in [0.15, 0.2) is 0 Å². The molecule has 2 fully saturated rings. The molecule has 9 nitrogen and oxygen atoms in total. The van der Waals surface area contributed by atoms with Gasteiger partial charge in [-0.3, -0.25) is 9.59 Å². The fourth-order valence-corrected chi connectivity index (χ4v) is 6.96. The molecule has 2 aliphatic heterocycles. The van der Waals surface area contributed by atoms with Crippen LogP contribution in [0.15, 0.2) is 54.6 Å². The van der Waals surface area contributed by atoms with E-state index in [4.69, 9.17) is 10.5 Å². The fraction of sp³-hybridized carbons (Fsp3) is 0.440. The zero-order valence-electron chi connectivity index (χ0n) is 19.9. The minimum absolute atomic E-state index is 0.242. The van der Waals surface area contributed by atoms with E-state index < -0.39 is 27.6 Å². The van der Waals surface area contributed by atoms with Crippen molar-refractivity contribution in [1.82, 2.24) is 13.9 Å². The van der Waals surface area contributed by atoms with Crippen LogP contribution in [0.25, 0.3) is 0 Å². The molecule has 35 heavy (non-hydrogen) atoms. The first-order valence-electron chi connectivity index (χ1n) is 11.8. The Kier molecular flexibility index (Phi) is 7.44. The summed E-state index contributed by atoms with van der Waals surface area (Å²) in [6.07, 6.45) is 2.12. The molecule has 2 heterocycles. The van der Waals surface area contributed by atoms with Gasteiger partial charge in [0.2, 0.25) is 5.91 Å². The van der Waals surface area contributed by atoms with Crippen molar-refractivity contribution >= 4 is 22.0 Å². The van der Waals surface area contributed by atoms with Crippen LogP contribution < -0.4 is 15.8 Å². The van der Waals surface area contributed by atoms with Gasteiger partial charge in [-0.05, 0) is 43.4 Å². The number of hydrogen-bond acceptors (Lipinski definition) is 5. The topological polar surface area (TPSA) is 122 Å². The van der Waals surface area contributed by atoms with E-state index in [1.54, 1.807) is 24.3 Å². The standard InChI is InChI=1S/C25H32N4O5S/c1-34-22-12-6-5-10-20(22)24(31)27-18-25(19-8-3-2-4-9-19)13-16-28(17-14-25)35(32,33)29-15-7-11-21(29)23(26)30/h2-6,8-10,12,21H,7,11,13-18H2,1H3,(H2,26,30)(H,27,31). The second-order valence-corrected chi connectivity index (χ2v) is 11.0. The van der Waals surface area contributed by atoms with Crippen LogP contribution in [-0.4, -0.2) is 68.2 Å². The van der Waals surface area contributed by atoms with Crippen molar-refractivity contribution in [2.75, 3.05) is 33.3 Å². The van der Waals surface area contributed by atoms with E-state index in [2.05, 4.69) is 5.32 Å². The smallest absolute Gasteiger partial charge is 0.282 e. The van der Waals surface area contributed by atoms with Crippen LogP contribution in [0.2, 0.25) is 0 Å². The molecule has 10 heteroatoms. The molecular formula is C25H32N4O5S. The number of benzene rings is 2. The maximum atomic E-state index is 13.3. The SMILES string of the molecule is COc1ccccc1C(=O)NCC1(c2ccccc2)CCN(S(=O)(=O)N2CCCC2C(N)=O)CC1. The molecule has 2 amide bonds. The van der Waals surface area contributed by atoms with E-state index >= 15 is 0 Å². The monoisotopic (exact) mass is 500 g/mol. The molecule has 0 aromatic heterocycles. The van der Waals surface area contributed by atoms with E-state index in [-0.39, 0.29) is 19.0 Å². The average molecular weight is 501 g/mol. The lowest BCUT2D eigenvalue weighted by Gasteiger charge is -2.43. The highest BCUT2D eigenvalue weighted by molar-refractivity contribution is 7.86. The Morgan fingerprint density at radius 1 is 1.06 bits per heavy atom. The lowest BCUT2D eigenvalue weighted by molar-refractivity contribution is -0.121. The maximum absolute atomic E-state index is 13.3. The summed E-state index contributed by atoms with van der Waals surface area (Å²) in [5.41, 5.74) is 6.52. The summed E-state index contributed by atoms with van der Waals surface area (Å²) in [4.78, 5) is 24.8. The zero-order chi connectivity index (χ0) is 25.1. The van der Waals surface area contributed by atoms with Crippen LogP contribution in [0.1, 0.15) is 41.6 Å². The number of carbonyl (C=O) groups excluding carboxylic acids is 2. The summed E-state index contributed by atoms with van der Waals surface area (Å²) in [6, 6.07) is 16.1. The molecule has 3 N–H and O–H groups in total. The first-order chi connectivity index (χ1) is 16.8. The van der Waals surface area contributed by atoms with Crippen molar-refractivity contribution in [3.63, 3.8) is 0 Å². The highest BCUT2D eigenvalue weighted by Crippen LogP contribution is 2.37. The molecule has 2 saturated heterocycles. The number of nitrogens with one attached hydrogen (secondary N) is 1. The first kappa shape index (κ1) is 25.2. The van der Waals surface area contributed by atoms with E-state index in [9.17, 15) is 18.0 Å². The van der Waals surface area contributed by atoms with Crippen LogP contribution in [0.3, 0.4) is 0 Å². The molecule has 4 rings (SSSR count). The number of carbonyl (C=O) groups is 2. The third-order valence-corrected chi connectivity index (χ3v) is 9.21.